The lowest BCUT2D eigenvalue weighted by Gasteiger charge is -1.88. The molecule has 0 aliphatic carbocycles. The minimum absolute atomic E-state index is 0.578. The summed E-state index contributed by atoms with van der Waals surface area (Å²) in [5.41, 5.74) is 3.43. The Morgan fingerprint density at radius 3 is 3.07 bits per heavy atom. The average Bonchev–Trinajstić information content (AvgIpc) is 2.59. The van der Waals surface area contributed by atoms with E-state index >= 15 is 0 Å². The third-order valence-electron chi connectivity index (χ3n) is 1.63. The van der Waals surface area contributed by atoms with Gasteiger partial charge < -0.3 is 5.11 Å². The number of rotatable bonds is 3. The molecule has 0 spiro atoms. The van der Waals surface area contributed by atoms with Crippen molar-refractivity contribution in [3.63, 3.8) is 0 Å². The number of nitrogens with one attached hydrogen (secondary N) is 1. The fourth-order valence-corrected chi connectivity index (χ4v) is 1.88. The largest absolute Gasteiger partial charge is 0.477 e. The number of carboxylic acid groups (broad SMARTS) is 1. The monoisotopic (exact) mass is 221 g/mol. The highest BCUT2D eigenvalue weighted by molar-refractivity contribution is 7.22. The van der Waals surface area contributed by atoms with Gasteiger partial charge >= 0.3 is 5.97 Å². The topological polar surface area (TPSA) is 74.6 Å². The lowest BCUT2D eigenvalue weighted by atomic mass is 10.3. The van der Waals surface area contributed by atoms with Crippen molar-refractivity contribution in [3.05, 3.63) is 24.3 Å². The van der Waals surface area contributed by atoms with Crippen molar-refractivity contribution in [2.24, 2.45) is 5.10 Å². The number of hydrazone groups is 1. The van der Waals surface area contributed by atoms with Gasteiger partial charge in [-0.2, -0.15) is 5.10 Å². The molecule has 0 fully saturated rings. The first kappa shape index (κ1) is 9.60. The summed E-state index contributed by atoms with van der Waals surface area (Å²) in [6.45, 7) is 0. The van der Waals surface area contributed by atoms with Crippen molar-refractivity contribution in [1.82, 2.24) is 4.98 Å². The third-order valence-corrected chi connectivity index (χ3v) is 2.57. The zero-order valence-electron chi connectivity index (χ0n) is 7.54. The Bertz CT molecular complexity index is 488. The van der Waals surface area contributed by atoms with Crippen LogP contribution in [0.1, 0.15) is 0 Å². The van der Waals surface area contributed by atoms with Gasteiger partial charge in [0.15, 0.2) is 0 Å². The zero-order chi connectivity index (χ0) is 10.7. The summed E-state index contributed by atoms with van der Waals surface area (Å²) in [6, 6.07) is 7.65. The Hall–Kier alpha value is -1.95. The van der Waals surface area contributed by atoms with Crippen LogP contribution in [0.2, 0.25) is 0 Å². The second kappa shape index (κ2) is 4.05. The van der Waals surface area contributed by atoms with E-state index < -0.39 is 5.97 Å². The molecule has 0 atom stereocenters. The number of carboxylic acids is 1. The number of hydrogen-bond acceptors (Lipinski definition) is 5. The Balaban J connectivity index is 2.19. The number of nitrogens with zero attached hydrogens (tertiary/aromatic N) is 2. The molecule has 0 unspecified atom stereocenters. The highest BCUT2D eigenvalue weighted by atomic mass is 32.1. The van der Waals surface area contributed by atoms with Crippen LogP contribution in [0, 0.1) is 0 Å². The Labute approximate surface area is 89.1 Å². The SMILES string of the molecule is O=C(O)/C=N\Nc1nc2ccccc2s1. The van der Waals surface area contributed by atoms with Gasteiger partial charge in [0.05, 0.1) is 10.2 Å². The molecule has 1 aromatic carbocycles. The predicted octanol–water partition coefficient (Wildman–Crippen LogP) is 1.78. The number of benzene rings is 1. The van der Waals surface area contributed by atoms with E-state index in [4.69, 9.17) is 5.11 Å². The molecular formula is C9H7N3O2S. The molecule has 0 bridgehead atoms. The van der Waals surface area contributed by atoms with E-state index in [-0.39, 0.29) is 0 Å². The van der Waals surface area contributed by atoms with E-state index in [9.17, 15) is 4.79 Å². The highest BCUT2D eigenvalue weighted by Crippen LogP contribution is 2.24. The normalized spacial score (nSPS) is 10.9. The summed E-state index contributed by atoms with van der Waals surface area (Å²) in [6.07, 6.45) is 0.784. The summed E-state index contributed by atoms with van der Waals surface area (Å²) in [7, 11) is 0. The van der Waals surface area contributed by atoms with Crippen LogP contribution in [0.5, 0.6) is 0 Å². The van der Waals surface area contributed by atoms with Gasteiger partial charge in [0.1, 0.15) is 6.21 Å². The van der Waals surface area contributed by atoms with Gasteiger partial charge in [0.2, 0.25) is 5.13 Å². The lowest BCUT2D eigenvalue weighted by Crippen LogP contribution is -1.98. The zero-order valence-corrected chi connectivity index (χ0v) is 8.36. The molecule has 0 saturated carbocycles. The van der Waals surface area contributed by atoms with E-state index in [0.717, 1.165) is 16.4 Å². The summed E-state index contributed by atoms with van der Waals surface area (Å²) >= 11 is 1.42. The van der Waals surface area contributed by atoms with Crippen molar-refractivity contribution < 1.29 is 9.90 Å². The minimum atomic E-state index is -1.09. The minimum Gasteiger partial charge on any atom is -0.477 e. The fourth-order valence-electron chi connectivity index (χ4n) is 1.06. The number of aliphatic carboxylic acids is 1. The maximum Gasteiger partial charge on any atom is 0.348 e. The number of fused-ring (bicyclic) bond motifs is 1. The van der Waals surface area contributed by atoms with Crippen LogP contribution >= 0.6 is 11.3 Å². The quantitative estimate of drug-likeness (QED) is 0.612. The maximum atomic E-state index is 10.2. The Morgan fingerprint density at radius 2 is 2.33 bits per heavy atom. The first-order valence-corrected chi connectivity index (χ1v) is 4.95. The number of thiazole rings is 1. The predicted molar refractivity (Wildman–Crippen MR) is 59.4 cm³/mol. The van der Waals surface area contributed by atoms with Crippen molar-refractivity contribution in [1.29, 1.82) is 0 Å². The van der Waals surface area contributed by atoms with Crippen molar-refractivity contribution in [3.8, 4) is 0 Å². The summed E-state index contributed by atoms with van der Waals surface area (Å²) in [4.78, 5) is 14.4. The molecule has 0 aliphatic heterocycles. The number of hydrogen-bond donors (Lipinski definition) is 2. The first-order valence-electron chi connectivity index (χ1n) is 4.13. The molecule has 76 valence electrons. The van der Waals surface area contributed by atoms with Gasteiger partial charge in [-0.15, -0.1) is 0 Å². The van der Waals surface area contributed by atoms with Gasteiger partial charge in [-0.05, 0) is 12.1 Å². The van der Waals surface area contributed by atoms with Crippen LogP contribution in [0.15, 0.2) is 29.4 Å². The standard InChI is InChI=1S/C9H7N3O2S/c13-8(14)5-10-12-9-11-6-3-1-2-4-7(6)15-9/h1-5H,(H,11,12)(H,13,14)/b10-5-. The molecule has 6 heteroatoms. The smallest absolute Gasteiger partial charge is 0.348 e. The number of para-hydroxylation sites is 1. The van der Waals surface area contributed by atoms with E-state index in [1.807, 2.05) is 24.3 Å². The number of aromatic nitrogens is 1. The molecule has 0 aliphatic rings. The molecule has 2 rings (SSSR count). The van der Waals surface area contributed by atoms with Gasteiger partial charge in [0.25, 0.3) is 0 Å². The van der Waals surface area contributed by atoms with E-state index in [0.29, 0.717) is 5.13 Å². The second-order valence-electron chi connectivity index (χ2n) is 2.69. The first-order chi connectivity index (χ1) is 7.25. The third kappa shape index (κ3) is 2.29. The van der Waals surface area contributed by atoms with E-state index in [1.54, 1.807) is 0 Å². The number of carbonyl (C=O) groups is 1. The molecule has 1 aromatic heterocycles. The molecule has 15 heavy (non-hydrogen) atoms. The van der Waals surface area contributed by atoms with Crippen molar-refractivity contribution >= 4 is 38.9 Å². The van der Waals surface area contributed by atoms with Crippen LogP contribution < -0.4 is 5.43 Å². The van der Waals surface area contributed by atoms with Crippen molar-refractivity contribution in [2.75, 3.05) is 5.43 Å². The molecule has 5 nitrogen and oxygen atoms in total. The fraction of sp³-hybridized carbons (Fsp3) is 0. The molecule has 0 saturated heterocycles. The van der Waals surface area contributed by atoms with Crippen LogP contribution in [0.4, 0.5) is 5.13 Å². The maximum absolute atomic E-state index is 10.2. The molecule has 2 aromatic rings. The molecule has 0 amide bonds. The molecule has 0 radical (unpaired) electrons. The summed E-state index contributed by atoms with van der Waals surface area (Å²) in [5, 5.41) is 12.4. The van der Waals surface area contributed by atoms with E-state index in [2.05, 4.69) is 15.5 Å². The van der Waals surface area contributed by atoms with Crippen LogP contribution in [-0.4, -0.2) is 22.3 Å². The highest BCUT2D eigenvalue weighted by Gasteiger charge is 2.00. The second-order valence-corrected chi connectivity index (χ2v) is 3.73. The van der Waals surface area contributed by atoms with Crippen LogP contribution in [-0.2, 0) is 4.79 Å². The molecule has 1 heterocycles. The van der Waals surface area contributed by atoms with Gasteiger partial charge in [-0.3, -0.25) is 5.43 Å². The van der Waals surface area contributed by atoms with Gasteiger partial charge in [-0.25, -0.2) is 9.78 Å². The molecular weight excluding hydrogens is 214 g/mol. The van der Waals surface area contributed by atoms with Crippen LogP contribution in [0.3, 0.4) is 0 Å². The van der Waals surface area contributed by atoms with Crippen LogP contribution in [0.25, 0.3) is 10.2 Å². The average molecular weight is 221 g/mol. The van der Waals surface area contributed by atoms with E-state index in [1.165, 1.54) is 11.3 Å². The Kier molecular flexibility index (Phi) is 2.59. The summed E-state index contributed by atoms with van der Waals surface area (Å²) < 4.78 is 1.03. The number of anilines is 1. The van der Waals surface area contributed by atoms with Gasteiger partial charge in [-0.1, -0.05) is 23.5 Å². The molecule has 2 N–H and O–H groups in total. The summed E-state index contributed by atoms with van der Waals surface area (Å²) in [5.74, 6) is -1.09. The van der Waals surface area contributed by atoms with Gasteiger partial charge in [0, 0.05) is 0 Å². The van der Waals surface area contributed by atoms with Crippen molar-refractivity contribution in [2.45, 2.75) is 0 Å². The lowest BCUT2D eigenvalue weighted by molar-refractivity contribution is -0.128. The Morgan fingerprint density at radius 1 is 1.53 bits per heavy atom.